The maximum Gasteiger partial charge on any atom is 0.354 e. The minimum absolute atomic E-state index is 0.0433. The summed E-state index contributed by atoms with van der Waals surface area (Å²) in [6, 6.07) is 7.54. The Balaban J connectivity index is 1.58. The average Bonchev–Trinajstić information content (AvgIpc) is 3.28. The summed E-state index contributed by atoms with van der Waals surface area (Å²) in [4.78, 5) is 48.6. The highest BCUT2D eigenvalue weighted by Crippen LogP contribution is 2.32. The number of rotatable bonds is 10. The third-order valence-electron chi connectivity index (χ3n) is 4.68. The zero-order chi connectivity index (χ0) is 21.7. The Morgan fingerprint density at radius 2 is 2.03 bits per heavy atom. The molecule has 2 heterocycles. The van der Waals surface area contributed by atoms with E-state index in [9.17, 15) is 24.3 Å². The van der Waals surface area contributed by atoms with Gasteiger partial charge in [-0.15, -0.1) is 11.8 Å². The molecule has 2 aliphatic rings. The summed E-state index contributed by atoms with van der Waals surface area (Å²) in [6.07, 6.45) is -1.19. The van der Waals surface area contributed by atoms with E-state index < -0.39 is 41.5 Å². The summed E-state index contributed by atoms with van der Waals surface area (Å²) in [5, 5.41) is 20.4. The van der Waals surface area contributed by atoms with Crippen LogP contribution in [0.4, 0.5) is 0 Å². The van der Waals surface area contributed by atoms with E-state index in [0.29, 0.717) is 18.8 Å². The SMILES string of the molecule is O=C(COc1ccccc1)N[C@@H]1C(=O)N(C(O)C(=O)O)[C@@H]1SCC(=O)C1CCCO1. The highest BCUT2D eigenvalue weighted by atomic mass is 32.2. The van der Waals surface area contributed by atoms with Gasteiger partial charge in [-0.05, 0) is 25.0 Å². The van der Waals surface area contributed by atoms with Crippen molar-refractivity contribution in [1.29, 1.82) is 0 Å². The monoisotopic (exact) mass is 438 g/mol. The Morgan fingerprint density at radius 1 is 1.30 bits per heavy atom. The molecule has 0 bridgehead atoms. The molecule has 1 aromatic carbocycles. The van der Waals surface area contributed by atoms with Gasteiger partial charge in [-0.25, -0.2) is 4.79 Å². The Labute approximate surface area is 176 Å². The third kappa shape index (κ3) is 5.10. The number of thioether (sulfide) groups is 1. The molecule has 2 amide bonds. The molecule has 2 aliphatic heterocycles. The number of aliphatic hydroxyl groups excluding tert-OH is 1. The van der Waals surface area contributed by atoms with Gasteiger partial charge >= 0.3 is 5.97 Å². The number of carboxylic acids is 1. The number of hydrogen-bond acceptors (Lipinski definition) is 8. The zero-order valence-electron chi connectivity index (χ0n) is 15.9. The van der Waals surface area contributed by atoms with E-state index in [-0.39, 0.29) is 18.1 Å². The number of hydrogen-bond donors (Lipinski definition) is 3. The first-order valence-corrected chi connectivity index (χ1v) is 10.4. The molecular formula is C19H22N2O8S. The van der Waals surface area contributed by atoms with Gasteiger partial charge in [-0.3, -0.25) is 19.3 Å². The number of ketones is 1. The summed E-state index contributed by atoms with van der Waals surface area (Å²) in [7, 11) is 0. The summed E-state index contributed by atoms with van der Waals surface area (Å²) in [6.45, 7) is 0.161. The highest BCUT2D eigenvalue weighted by molar-refractivity contribution is 8.00. The lowest BCUT2D eigenvalue weighted by Gasteiger charge is -2.47. The topological polar surface area (TPSA) is 142 Å². The summed E-state index contributed by atoms with van der Waals surface area (Å²) in [5.74, 6) is -2.68. The number of para-hydroxylation sites is 1. The molecule has 1 aromatic rings. The maximum atomic E-state index is 12.4. The number of carboxylic acid groups (broad SMARTS) is 1. The Hall–Kier alpha value is -2.63. The predicted octanol–water partition coefficient (Wildman–Crippen LogP) is -0.397. The number of likely N-dealkylation sites (tertiary alicyclic amines) is 1. The summed E-state index contributed by atoms with van der Waals surface area (Å²) in [5.41, 5.74) is 0. The fourth-order valence-electron chi connectivity index (χ4n) is 3.15. The molecule has 0 spiro atoms. The van der Waals surface area contributed by atoms with Crippen LogP contribution in [0.3, 0.4) is 0 Å². The Kier molecular flexibility index (Phi) is 7.29. The van der Waals surface area contributed by atoms with E-state index in [1.54, 1.807) is 30.3 Å². The van der Waals surface area contributed by atoms with Crippen LogP contribution < -0.4 is 10.1 Å². The molecular weight excluding hydrogens is 416 g/mol. The molecule has 11 heteroatoms. The van der Waals surface area contributed by atoms with Crippen LogP contribution in [0.25, 0.3) is 0 Å². The molecule has 4 atom stereocenters. The van der Waals surface area contributed by atoms with Gasteiger partial charge in [-0.2, -0.15) is 0 Å². The number of aliphatic hydroxyl groups is 1. The van der Waals surface area contributed by atoms with E-state index in [1.807, 2.05) is 0 Å². The number of aliphatic carboxylic acids is 1. The van der Waals surface area contributed by atoms with Gasteiger partial charge in [0.25, 0.3) is 11.8 Å². The molecule has 10 nitrogen and oxygen atoms in total. The fraction of sp³-hybridized carbons (Fsp3) is 0.474. The highest BCUT2D eigenvalue weighted by Gasteiger charge is 2.53. The van der Waals surface area contributed by atoms with Crippen molar-refractivity contribution in [2.75, 3.05) is 19.0 Å². The molecule has 2 unspecified atom stereocenters. The molecule has 0 radical (unpaired) electrons. The lowest BCUT2D eigenvalue weighted by molar-refractivity contribution is -0.178. The van der Waals surface area contributed by atoms with E-state index in [4.69, 9.17) is 14.6 Å². The van der Waals surface area contributed by atoms with Gasteiger partial charge in [0.05, 0.1) is 5.75 Å². The van der Waals surface area contributed by atoms with E-state index in [1.165, 1.54) is 0 Å². The quantitative estimate of drug-likeness (QED) is 0.416. The van der Waals surface area contributed by atoms with Crippen LogP contribution in [0.2, 0.25) is 0 Å². The number of ether oxygens (including phenoxy) is 2. The molecule has 0 aromatic heterocycles. The number of β-lactam (4-membered cyclic amide) rings is 1. The van der Waals surface area contributed by atoms with Crippen LogP contribution in [0.5, 0.6) is 5.75 Å². The summed E-state index contributed by atoms with van der Waals surface area (Å²) < 4.78 is 10.7. The molecule has 162 valence electrons. The van der Waals surface area contributed by atoms with Crippen LogP contribution in [0, 0.1) is 0 Å². The van der Waals surface area contributed by atoms with Crippen molar-refractivity contribution < 1.29 is 38.9 Å². The molecule has 30 heavy (non-hydrogen) atoms. The fourth-order valence-corrected chi connectivity index (χ4v) is 4.43. The number of benzene rings is 1. The largest absolute Gasteiger partial charge is 0.484 e. The van der Waals surface area contributed by atoms with Gasteiger partial charge in [-0.1, -0.05) is 18.2 Å². The maximum absolute atomic E-state index is 12.4. The van der Waals surface area contributed by atoms with Crippen molar-refractivity contribution in [2.45, 2.75) is 36.6 Å². The second kappa shape index (κ2) is 9.92. The summed E-state index contributed by atoms with van der Waals surface area (Å²) >= 11 is 0.977. The second-order valence-electron chi connectivity index (χ2n) is 6.77. The lowest BCUT2D eigenvalue weighted by Crippen LogP contribution is -2.73. The molecule has 2 saturated heterocycles. The number of Topliss-reactive ketones (excluding diaryl/α,β-unsaturated/α-hetero) is 1. The van der Waals surface area contributed by atoms with Gasteiger partial charge in [0.1, 0.15) is 23.3 Å². The zero-order valence-corrected chi connectivity index (χ0v) is 16.7. The molecule has 3 N–H and O–H groups in total. The normalized spacial score (nSPS) is 24.1. The van der Waals surface area contributed by atoms with Crippen LogP contribution in [-0.4, -0.2) is 81.4 Å². The minimum atomic E-state index is -2.07. The number of amides is 2. The first kappa shape index (κ1) is 22.1. The molecule has 0 saturated carbocycles. The van der Waals surface area contributed by atoms with E-state index >= 15 is 0 Å². The minimum Gasteiger partial charge on any atom is -0.484 e. The molecule has 3 rings (SSSR count). The number of nitrogens with zero attached hydrogens (tertiary/aromatic N) is 1. The predicted molar refractivity (Wildman–Crippen MR) is 105 cm³/mol. The van der Waals surface area contributed by atoms with Gasteiger partial charge in [0.2, 0.25) is 6.23 Å². The van der Waals surface area contributed by atoms with Crippen molar-refractivity contribution in [3.63, 3.8) is 0 Å². The van der Waals surface area contributed by atoms with Crippen LogP contribution in [0.1, 0.15) is 12.8 Å². The van der Waals surface area contributed by atoms with Crippen molar-refractivity contribution in [1.82, 2.24) is 10.2 Å². The Bertz CT molecular complexity index is 799. The molecule has 2 fully saturated rings. The third-order valence-corrected chi connectivity index (χ3v) is 5.97. The first-order valence-electron chi connectivity index (χ1n) is 9.34. The van der Waals surface area contributed by atoms with Crippen molar-refractivity contribution in [3.8, 4) is 5.75 Å². The number of nitrogens with one attached hydrogen (secondary N) is 1. The van der Waals surface area contributed by atoms with Crippen LogP contribution >= 0.6 is 11.8 Å². The van der Waals surface area contributed by atoms with E-state index in [2.05, 4.69) is 5.32 Å². The van der Waals surface area contributed by atoms with Crippen molar-refractivity contribution >= 4 is 35.3 Å². The van der Waals surface area contributed by atoms with Gasteiger partial charge in [0, 0.05) is 6.61 Å². The van der Waals surface area contributed by atoms with Crippen LogP contribution in [-0.2, 0) is 23.9 Å². The van der Waals surface area contributed by atoms with Crippen LogP contribution in [0.15, 0.2) is 30.3 Å². The smallest absolute Gasteiger partial charge is 0.354 e. The Morgan fingerprint density at radius 3 is 2.67 bits per heavy atom. The number of carbonyl (C=O) groups is 4. The average molecular weight is 438 g/mol. The molecule has 0 aliphatic carbocycles. The first-order chi connectivity index (χ1) is 14.4. The second-order valence-corrected chi connectivity index (χ2v) is 7.88. The lowest BCUT2D eigenvalue weighted by atomic mass is 10.1. The number of carbonyl (C=O) groups excluding carboxylic acids is 3. The van der Waals surface area contributed by atoms with Crippen molar-refractivity contribution in [2.24, 2.45) is 0 Å². The van der Waals surface area contributed by atoms with Gasteiger partial charge < -0.3 is 25.0 Å². The standard InChI is InChI=1S/C19H22N2O8S/c22-12(13-7-4-8-28-13)10-30-18-15(16(24)21(18)17(25)19(26)27)20-14(23)9-29-11-5-2-1-3-6-11/h1-3,5-6,13,15,17-18,25H,4,7-10H2,(H,20,23)(H,26,27)/t13?,15-,17?,18-/m1/s1. The van der Waals surface area contributed by atoms with Crippen molar-refractivity contribution in [3.05, 3.63) is 30.3 Å². The van der Waals surface area contributed by atoms with E-state index in [0.717, 1.165) is 23.1 Å². The van der Waals surface area contributed by atoms with Gasteiger partial charge in [0.15, 0.2) is 12.4 Å².